The van der Waals surface area contributed by atoms with Crippen molar-refractivity contribution in [1.29, 1.82) is 0 Å². The summed E-state index contributed by atoms with van der Waals surface area (Å²) in [5.41, 5.74) is 4.30. The average molecular weight is 491 g/mol. The van der Waals surface area contributed by atoms with Gasteiger partial charge in [0.05, 0.1) is 41.4 Å². The van der Waals surface area contributed by atoms with Crippen LogP contribution >= 0.6 is 11.3 Å². The maximum Gasteiger partial charge on any atom is 0.148 e. The lowest BCUT2D eigenvalue weighted by Gasteiger charge is -2.28. The van der Waals surface area contributed by atoms with Crippen LogP contribution in [0.25, 0.3) is 15.9 Å². The quantitative estimate of drug-likeness (QED) is 0.422. The molecule has 2 aliphatic rings. The molecule has 1 aromatic carbocycles. The van der Waals surface area contributed by atoms with Gasteiger partial charge in [-0.25, -0.2) is 14.6 Å². The Bertz CT molecular complexity index is 1270. The lowest BCUT2D eigenvalue weighted by atomic mass is 9.93. The van der Waals surface area contributed by atoms with Crippen LogP contribution in [0.5, 0.6) is 0 Å². The maximum atomic E-state index is 9.83. The van der Waals surface area contributed by atoms with Crippen molar-refractivity contribution in [2.75, 3.05) is 36.5 Å². The molecule has 6 rings (SSSR count). The summed E-state index contributed by atoms with van der Waals surface area (Å²) in [6.07, 6.45) is 8.02. The Morgan fingerprint density at radius 2 is 1.77 bits per heavy atom. The molecule has 0 spiro atoms. The lowest BCUT2D eigenvalue weighted by Crippen LogP contribution is -2.36. The predicted molar refractivity (Wildman–Crippen MR) is 139 cm³/mol. The van der Waals surface area contributed by atoms with Crippen molar-refractivity contribution in [3.8, 4) is 5.69 Å². The number of nitrogens with zero attached hydrogens (tertiary/aromatic N) is 5. The Kier molecular flexibility index (Phi) is 6.37. The van der Waals surface area contributed by atoms with E-state index in [0.717, 1.165) is 85.1 Å². The zero-order chi connectivity index (χ0) is 23.6. The third kappa shape index (κ3) is 5.03. The molecule has 0 amide bonds. The van der Waals surface area contributed by atoms with Crippen molar-refractivity contribution in [2.24, 2.45) is 0 Å². The fraction of sp³-hybridized carbons (Fsp3) is 0.423. The van der Waals surface area contributed by atoms with Gasteiger partial charge in [0.15, 0.2) is 0 Å². The number of anilines is 2. The number of thiophene rings is 1. The summed E-state index contributed by atoms with van der Waals surface area (Å²) in [6, 6.07) is 10.9. The zero-order valence-corrected chi connectivity index (χ0v) is 20.5. The standard InChI is InChI=1S/C26H30N6O2S/c33-22-7-1-19(2-8-22)28-26-25-23(9-14-35-25)29-24(30-26)15-18-16-27-32(17-18)21-5-3-20(4-6-21)31-10-12-34-13-11-31/h3-6,9,14,16-17,19,22,33H,1-2,7-8,10-13,15H2,(H,28,29,30). The molecule has 3 aromatic heterocycles. The van der Waals surface area contributed by atoms with Crippen molar-refractivity contribution in [3.63, 3.8) is 0 Å². The minimum atomic E-state index is -0.164. The van der Waals surface area contributed by atoms with Crippen molar-refractivity contribution < 1.29 is 9.84 Å². The van der Waals surface area contributed by atoms with Gasteiger partial charge in [-0.15, -0.1) is 11.3 Å². The molecular formula is C26H30N6O2S. The molecule has 1 saturated carbocycles. The zero-order valence-electron chi connectivity index (χ0n) is 19.6. The summed E-state index contributed by atoms with van der Waals surface area (Å²) in [7, 11) is 0. The lowest BCUT2D eigenvalue weighted by molar-refractivity contribution is 0.122. The summed E-state index contributed by atoms with van der Waals surface area (Å²) in [5, 5.41) is 20.1. The van der Waals surface area contributed by atoms with Gasteiger partial charge in [-0.1, -0.05) is 0 Å². The van der Waals surface area contributed by atoms with E-state index < -0.39 is 0 Å². The third-order valence-corrected chi connectivity index (χ3v) is 7.79. The molecule has 4 aromatic rings. The first-order valence-corrected chi connectivity index (χ1v) is 13.2. The normalized spacial score (nSPS) is 20.9. The maximum absolute atomic E-state index is 9.83. The number of aliphatic hydroxyl groups is 1. The van der Waals surface area contributed by atoms with Crippen molar-refractivity contribution >= 4 is 33.1 Å². The van der Waals surface area contributed by atoms with Crippen LogP contribution in [-0.2, 0) is 11.2 Å². The minimum Gasteiger partial charge on any atom is -0.393 e. The van der Waals surface area contributed by atoms with Crippen LogP contribution in [0.1, 0.15) is 37.1 Å². The Morgan fingerprint density at radius 1 is 1.00 bits per heavy atom. The molecule has 9 heteroatoms. The second kappa shape index (κ2) is 9.93. The van der Waals surface area contributed by atoms with Gasteiger partial charge in [0.1, 0.15) is 11.6 Å². The molecule has 35 heavy (non-hydrogen) atoms. The number of ether oxygens (including phenoxy) is 1. The number of rotatable bonds is 6. The van der Waals surface area contributed by atoms with E-state index in [-0.39, 0.29) is 6.10 Å². The van der Waals surface area contributed by atoms with Gasteiger partial charge in [0.2, 0.25) is 0 Å². The Hall–Kier alpha value is -3.01. The molecule has 0 unspecified atom stereocenters. The fourth-order valence-corrected chi connectivity index (χ4v) is 5.70. The van der Waals surface area contributed by atoms with Gasteiger partial charge in [0, 0.05) is 37.4 Å². The monoisotopic (exact) mass is 490 g/mol. The van der Waals surface area contributed by atoms with Crippen LogP contribution in [0.3, 0.4) is 0 Å². The largest absolute Gasteiger partial charge is 0.393 e. The van der Waals surface area contributed by atoms with Crippen LogP contribution in [0.15, 0.2) is 48.1 Å². The van der Waals surface area contributed by atoms with Crippen molar-refractivity contribution in [1.82, 2.24) is 19.7 Å². The number of aliphatic hydroxyl groups excluding tert-OH is 1. The SMILES string of the molecule is OC1CCC(Nc2nc(Cc3cnn(-c4ccc(N5CCOCC5)cc4)c3)nc3ccsc23)CC1. The van der Waals surface area contributed by atoms with E-state index in [9.17, 15) is 5.11 Å². The first-order valence-electron chi connectivity index (χ1n) is 12.4. The summed E-state index contributed by atoms with van der Waals surface area (Å²) in [4.78, 5) is 12.1. The van der Waals surface area contributed by atoms with E-state index in [2.05, 4.69) is 57.2 Å². The van der Waals surface area contributed by atoms with Gasteiger partial charge in [-0.2, -0.15) is 5.10 Å². The predicted octanol–water partition coefficient (Wildman–Crippen LogP) is 4.02. The van der Waals surface area contributed by atoms with Crippen molar-refractivity contribution in [3.05, 3.63) is 59.5 Å². The minimum absolute atomic E-state index is 0.164. The average Bonchev–Trinajstić information content (AvgIpc) is 3.56. The van der Waals surface area contributed by atoms with Gasteiger partial charge in [0.25, 0.3) is 0 Å². The van der Waals surface area contributed by atoms with Crippen LogP contribution in [0.4, 0.5) is 11.5 Å². The third-order valence-electron chi connectivity index (χ3n) is 6.88. The molecule has 182 valence electrons. The van der Waals surface area contributed by atoms with Gasteiger partial charge in [-0.05, 0) is 67.0 Å². The molecule has 1 aliphatic carbocycles. The summed E-state index contributed by atoms with van der Waals surface area (Å²) < 4.78 is 8.46. The first kappa shape index (κ1) is 22.5. The number of fused-ring (bicyclic) bond motifs is 1. The molecule has 0 bridgehead atoms. The van der Waals surface area contributed by atoms with E-state index in [0.29, 0.717) is 12.5 Å². The van der Waals surface area contributed by atoms with E-state index in [1.54, 1.807) is 11.3 Å². The van der Waals surface area contributed by atoms with Crippen LogP contribution in [0, 0.1) is 0 Å². The molecule has 2 N–H and O–H groups in total. The summed E-state index contributed by atoms with van der Waals surface area (Å²) in [5.74, 6) is 1.70. The molecule has 2 fully saturated rings. The van der Waals surface area contributed by atoms with Crippen molar-refractivity contribution in [2.45, 2.75) is 44.2 Å². The highest BCUT2D eigenvalue weighted by molar-refractivity contribution is 7.17. The highest BCUT2D eigenvalue weighted by Gasteiger charge is 2.21. The molecular weight excluding hydrogens is 460 g/mol. The summed E-state index contributed by atoms with van der Waals surface area (Å²) in [6.45, 7) is 3.42. The molecule has 8 nitrogen and oxygen atoms in total. The van der Waals surface area contributed by atoms with Crippen LogP contribution in [0.2, 0.25) is 0 Å². The number of hydrogen-bond donors (Lipinski definition) is 2. The highest BCUT2D eigenvalue weighted by Crippen LogP contribution is 2.30. The molecule has 1 saturated heterocycles. The number of aromatic nitrogens is 4. The molecule has 4 heterocycles. The van der Waals surface area contributed by atoms with E-state index in [1.807, 2.05) is 10.9 Å². The molecule has 0 radical (unpaired) electrons. The Labute approximate surface area is 208 Å². The first-order chi connectivity index (χ1) is 17.2. The second-order valence-corrected chi connectivity index (χ2v) is 10.3. The highest BCUT2D eigenvalue weighted by atomic mass is 32.1. The number of hydrogen-bond acceptors (Lipinski definition) is 8. The van der Waals surface area contributed by atoms with Gasteiger partial charge < -0.3 is 20.1 Å². The van der Waals surface area contributed by atoms with E-state index in [1.165, 1.54) is 5.69 Å². The topological polar surface area (TPSA) is 88.3 Å². The number of nitrogens with one attached hydrogen (secondary N) is 1. The smallest absolute Gasteiger partial charge is 0.148 e. The second-order valence-electron chi connectivity index (χ2n) is 9.36. The van der Waals surface area contributed by atoms with E-state index >= 15 is 0 Å². The summed E-state index contributed by atoms with van der Waals surface area (Å²) >= 11 is 1.67. The van der Waals surface area contributed by atoms with Crippen LogP contribution in [-0.4, -0.2) is 63.3 Å². The van der Waals surface area contributed by atoms with Gasteiger partial charge in [-0.3, -0.25) is 0 Å². The van der Waals surface area contributed by atoms with E-state index in [4.69, 9.17) is 14.7 Å². The Morgan fingerprint density at radius 3 is 2.57 bits per heavy atom. The fourth-order valence-electron chi connectivity index (χ4n) is 4.91. The Balaban J connectivity index is 1.18. The molecule has 0 atom stereocenters. The number of benzene rings is 1. The van der Waals surface area contributed by atoms with Crippen LogP contribution < -0.4 is 10.2 Å². The number of morpholine rings is 1. The molecule has 1 aliphatic heterocycles. The van der Waals surface area contributed by atoms with Gasteiger partial charge >= 0.3 is 0 Å².